The molecule has 94 valence electrons. The molecule has 1 fully saturated rings. The molecule has 0 aromatic heterocycles. The Kier molecular flexibility index (Phi) is 3.20. The average molecular weight is 248 g/mol. The van der Waals surface area contributed by atoms with E-state index in [4.69, 9.17) is 5.26 Å². The predicted octanol–water partition coefficient (Wildman–Crippen LogP) is 4.05. The van der Waals surface area contributed by atoms with Crippen molar-refractivity contribution in [2.24, 2.45) is 0 Å². The molecule has 2 nitrogen and oxygen atoms in total. The Balaban J connectivity index is 1.63. The summed E-state index contributed by atoms with van der Waals surface area (Å²) in [7, 11) is 0. The van der Waals surface area contributed by atoms with Gasteiger partial charge in [0, 0.05) is 12.2 Å². The molecule has 0 heterocycles. The van der Waals surface area contributed by atoms with Crippen LogP contribution in [0.2, 0.25) is 0 Å². The van der Waals surface area contributed by atoms with E-state index in [1.54, 1.807) is 0 Å². The SMILES string of the molecule is N#Cc1cccc(NCc2ccc(C3CC3)cc2)c1. The van der Waals surface area contributed by atoms with Crippen LogP contribution >= 0.6 is 0 Å². The van der Waals surface area contributed by atoms with Gasteiger partial charge in [0.25, 0.3) is 0 Å². The van der Waals surface area contributed by atoms with E-state index in [-0.39, 0.29) is 0 Å². The molecule has 2 aromatic carbocycles. The Hall–Kier alpha value is -2.27. The van der Waals surface area contributed by atoms with E-state index in [0.29, 0.717) is 5.56 Å². The summed E-state index contributed by atoms with van der Waals surface area (Å²) in [5.74, 6) is 0.814. The summed E-state index contributed by atoms with van der Waals surface area (Å²) in [6.07, 6.45) is 2.69. The number of nitrogens with one attached hydrogen (secondary N) is 1. The zero-order chi connectivity index (χ0) is 13.1. The molecule has 0 radical (unpaired) electrons. The number of anilines is 1. The first kappa shape index (κ1) is 11.8. The zero-order valence-corrected chi connectivity index (χ0v) is 10.8. The first-order valence-electron chi connectivity index (χ1n) is 6.68. The zero-order valence-electron chi connectivity index (χ0n) is 10.8. The Morgan fingerprint density at radius 1 is 1.11 bits per heavy atom. The van der Waals surface area contributed by atoms with E-state index >= 15 is 0 Å². The van der Waals surface area contributed by atoms with E-state index in [1.165, 1.54) is 24.0 Å². The second kappa shape index (κ2) is 5.16. The van der Waals surface area contributed by atoms with Crippen molar-refractivity contribution in [3.05, 3.63) is 65.2 Å². The Labute approximate surface area is 113 Å². The van der Waals surface area contributed by atoms with Crippen molar-refractivity contribution in [2.45, 2.75) is 25.3 Å². The molecule has 0 atom stereocenters. The summed E-state index contributed by atoms with van der Waals surface area (Å²) in [5.41, 5.74) is 4.42. The van der Waals surface area contributed by atoms with E-state index in [1.807, 2.05) is 24.3 Å². The minimum atomic E-state index is 0.689. The molecule has 0 bridgehead atoms. The van der Waals surface area contributed by atoms with Crippen LogP contribution in [-0.4, -0.2) is 0 Å². The van der Waals surface area contributed by atoms with Gasteiger partial charge in [-0.25, -0.2) is 0 Å². The van der Waals surface area contributed by atoms with Gasteiger partial charge in [-0.2, -0.15) is 5.26 Å². The van der Waals surface area contributed by atoms with Gasteiger partial charge >= 0.3 is 0 Å². The summed E-state index contributed by atoms with van der Waals surface area (Å²) < 4.78 is 0. The van der Waals surface area contributed by atoms with Crippen molar-refractivity contribution in [2.75, 3.05) is 5.32 Å². The molecule has 0 amide bonds. The second-order valence-electron chi connectivity index (χ2n) is 5.06. The van der Waals surface area contributed by atoms with Gasteiger partial charge < -0.3 is 5.32 Å². The topological polar surface area (TPSA) is 35.8 Å². The summed E-state index contributed by atoms with van der Waals surface area (Å²) >= 11 is 0. The molecule has 3 rings (SSSR count). The number of nitrogens with zero attached hydrogens (tertiary/aromatic N) is 1. The molecular weight excluding hydrogens is 232 g/mol. The molecule has 0 spiro atoms. The third-order valence-electron chi connectivity index (χ3n) is 3.52. The highest BCUT2D eigenvalue weighted by atomic mass is 14.9. The van der Waals surface area contributed by atoms with Crippen molar-refractivity contribution < 1.29 is 0 Å². The third kappa shape index (κ3) is 2.95. The number of hydrogen-bond donors (Lipinski definition) is 1. The molecular formula is C17H16N2. The fourth-order valence-electron chi connectivity index (χ4n) is 2.23. The van der Waals surface area contributed by atoms with Gasteiger partial charge in [-0.15, -0.1) is 0 Å². The fraction of sp³-hybridized carbons (Fsp3) is 0.235. The summed E-state index contributed by atoms with van der Waals surface area (Å²) in [6.45, 7) is 0.791. The van der Waals surface area contributed by atoms with Crippen molar-refractivity contribution in [1.82, 2.24) is 0 Å². The lowest BCUT2D eigenvalue weighted by atomic mass is 10.1. The van der Waals surface area contributed by atoms with Gasteiger partial charge in [-0.1, -0.05) is 30.3 Å². The van der Waals surface area contributed by atoms with Crippen LogP contribution < -0.4 is 5.32 Å². The van der Waals surface area contributed by atoms with Crippen LogP contribution in [0.15, 0.2) is 48.5 Å². The first-order chi connectivity index (χ1) is 9.35. The van der Waals surface area contributed by atoms with Crippen molar-refractivity contribution in [3.63, 3.8) is 0 Å². The first-order valence-corrected chi connectivity index (χ1v) is 6.68. The highest BCUT2D eigenvalue weighted by Gasteiger charge is 2.22. The average Bonchev–Trinajstić information content (AvgIpc) is 3.31. The van der Waals surface area contributed by atoms with Crippen LogP contribution in [-0.2, 0) is 6.54 Å². The van der Waals surface area contributed by atoms with Crippen LogP contribution in [0.3, 0.4) is 0 Å². The fourth-order valence-corrected chi connectivity index (χ4v) is 2.23. The molecule has 0 saturated heterocycles. The number of benzene rings is 2. The molecule has 1 aliphatic carbocycles. The molecule has 0 aliphatic heterocycles. The van der Waals surface area contributed by atoms with E-state index < -0.39 is 0 Å². The minimum Gasteiger partial charge on any atom is -0.381 e. The maximum Gasteiger partial charge on any atom is 0.0992 e. The lowest BCUT2D eigenvalue weighted by Gasteiger charge is -2.07. The molecule has 1 saturated carbocycles. The van der Waals surface area contributed by atoms with Crippen molar-refractivity contribution in [3.8, 4) is 6.07 Å². The largest absolute Gasteiger partial charge is 0.381 e. The molecule has 1 N–H and O–H groups in total. The van der Waals surface area contributed by atoms with Crippen LogP contribution in [0.5, 0.6) is 0 Å². The van der Waals surface area contributed by atoms with Crippen LogP contribution in [0.4, 0.5) is 5.69 Å². The summed E-state index contributed by atoms with van der Waals surface area (Å²) in [4.78, 5) is 0. The molecule has 0 unspecified atom stereocenters. The second-order valence-corrected chi connectivity index (χ2v) is 5.06. The van der Waals surface area contributed by atoms with Gasteiger partial charge in [-0.3, -0.25) is 0 Å². The van der Waals surface area contributed by atoms with Crippen LogP contribution in [0, 0.1) is 11.3 Å². The molecule has 1 aliphatic rings. The number of hydrogen-bond acceptors (Lipinski definition) is 2. The molecule has 19 heavy (non-hydrogen) atoms. The normalized spacial score (nSPS) is 13.8. The number of nitriles is 1. The quantitative estimate of drug-likeness (QED) is 0.886. The Bertz CT molecular complexity index is 604. The van der Waals surface area contributed by atoms with Gasteiger partial charge in [0.15, 0.2) is 0 Å². The maximum absolute atomic E-state index is 8.86. The summed E-state index contributed by atoms with van der Waals surface area (Å²) in [5, 5.41) is 12.2. The highest BCUT2D eigenvalue weighted by Crippen LogP contribution is 2.39. The molecule has 2 heteroatoms. The third-order valence-corrected chi connectivity index (χ3v) is 3.52. The van der Waals surface area contributed by atoms with Gasteiger partial charge in [0.05, 0.1) is 11.6 Å². The van der Waals surface area contributed by atoms with Crippen molar-refractivity contribution in [1.29, 1.82) is 5.26 Å². The molecule has 2 aromatic rings. The predicted molar refractivity (Wildman–Crippen MR) is 76.9 cm³/mol. The van der Waals surface area contributed by atoms with Gasteiger partial charge in [0.1, 0.15) is 0 Å². The lowest BCUT2D eigenvalue weighted by molar-refractivity contribution is 1.10. The van der Waals surface area contributed by atoms with Gasteiger partial charge in [0.2, 0.25) is 0 Å². The standard InChI is InChI=1S/C17H16N2/c18-11-14-2-1-3-17(10-14)19-12-13-4-6-15(7-5-13)16-8-9-16/h1-7,10,16,19H,8-9,12H2. The van der Waals surface area contributed by atoms with E-state index in [0.717, 1.165) is 18.2 Å². The van der Waals surface area contributed by atoms with Crippen LogP contribution in [0.25, 0.3) is 0 Å². The Morgan fingerprint density at radius 3 is 2.58 bits per heavy atom. The Morgan fingerprint density at radius 2 is 1.89 bits per heavy atom. The maximum atomic E-state index is 8.86. The minimum absolute atomic E-state index is 0.689. The van der Waals surface area contributed by atoms with Crippen LogP contribution in [0.1, 0.15) is 35.4 Å². The monoisotopic (exact) mass is 248 g/mol. The lowest BCUT2D eigenvalue weighted by Crippen LogP contribution is -1.99. The highest BCUT2D eigenvalue weighted by molar-refractivity contribution is 5.49. The number of rotatable bonds is 4. The van der Waals surface area contributed by atoms with Gasteiger partial charge in [-0.05, 0) is 48.1 Å². The summed E-state index contributed by atoms with van der Waals surface area (Å²) in [6, 6.07) is 18.6. The van der Waals surface area contributed by atoms with Crippen molar-refractivity contribution >= 4 is 5.69 Å². The van der Waals surface area contributed by atoms with E-state index in [2.05, 4.69) is 35.7 Å². The smallest absolute Gasteiger partial charge is 0.0992 e. The van der Waals surface area contributed by atoms with E-state index in [9.17, 15) is 0 Å².